The summed E-state index contributed by atoms with van der Waals surface area (Å²) < 4.78 is 0. The quantitative estimate of drug-likeness (QED) is 0.534. The van der Waals surface area contributed by atoms with E-state index in [1.54, 1.807) is 11.8 Å². The minimum Gasteiger partial charge on any atom is -0.300 e. The molecule has 1 aliphatic carbocycles. The number of thioether (sulfide) groups is 1. The van der Waals surface area contributed by atoms with Crippen LogP contribution in [0.4, 0.5) is 0 Å². The van der Waals surface area contributed by atoms with Gasteiger partial charge in [-0.15, -0.1) is 6.58 Å². The lowest BCUT2D eigenvalue weighted by Gasteiger charge is -2.18. The molecule has 1 saturated carbocycles. The molecule has 3 heteroatoms. The van der Waals surface area contributed by atoms with Gasteiger partial charge in [0.2, 0.25) is 0 Å². The molecule has 0 heterocycles. The van der Waals surface area contributed by atoms with Crippen molar-refractivity contribution in [2.45, 2.75) is 44.3 Å². The Morgan fingerprint density at radius 2 is 2.20 bits per heavy atom. The predicted octanol–water partition coefficient (Wildman–Crippen LogP) is 2.77. The molecule has 1 aliphatic rings. The highest BCUT2D eigenvalue weighted by Gasteiger charge is 2.26. The Morgan fingerprint density at radius 3 is 2.87 bits per heavy atom. The van der Waals surface area contributed by atoms with Gasteiger partial charge in [0.05, 0.1) is 5.25 Å². The number of hydrogen-bond donors (Lipinski definition) is 0. The van der Waals surface area contributed by atoms with Crippen molar-refractivity contribution in [1.29, 1.82) is 0 Å². The molecule has 0 spiro atoms. The highest BCUT2D eigenvalue weighted by molar-refractivity contribution is 8.00. The number of carbonyl (C=O) groups is 2. The molecule has 0 N–H and O–H groups in total. The Morgan fingerprint density at radius 1 is 1.47 bits per heavy atom. The number of hydrogen-bond acceptors (Lipinski definition) is 3. The van der Waals surface area contributed by atoms with Crippen LogP contribution in [0.15, 0.2) is 12.2 Å². The van der Waals surface area contributed by atoms with Crippen LogP contribution in [0.3, 0.4) is 0 Å². The summed E-state index contributed by atoms with van der Waals surface area (Å²) in [4.78, 5) is 22.7. The van der Waals surface area contributed by atoms with Gasteiger partial charge in [-0.25, -0.2) is 0 Å². The Hall–Kier alpha value is -0.570. The first kappa shape index (κ1) is 12.5. The lowest BCUT2D eigenvalue weighted by molar-refractivity contribution is -0.128. The van der Waals surface area contributed by atoms with Crippen LogP contribution in [0.1, 0.15) is 39.0 Å². The molecule has 15 heavy (non-hydrogen) atoms. The van der Waals surface area contributed by atoms with Crippen molar-refractivity contribution in [2.24, 2.45) is 0 Å². The second kappa shape index (κ2) is 6.11. The minimum atomic E-state index is -0.0589. The van der Waals surface area contributed by atoms with E-state index in [0.29, 0.717) is 19.3 Å². The van der Waals surface area contributed by atoms with E-state index in [2.05, 4.69) is 6.58 Å². The van der Waals surface area contributed by atoms with Gasteiger partial charge in [-0.3, -0.25) is 9.59 Å². The number of ketones is 2. The average Bonchev–Trinajstić information content (AvgIpc) is 2.17. The van der Waals surface area contributed by atoms with Gasteiger partial charge in [-0.2, -0.15) is 11.8 Å². The van der Waals surface area contributed by atoms with Gasteiger partial charge >= 0.3 is 0 Å². The van der Waals surface area contributed by atoms with Gasteiger partial charge in [0.1, 0.15) is 11.6 Å². The number of rotatable bonds is 5. The summed E-state index contributed by atoms with van der Waals surface area (Å²) in [5.74, 6) is 1.46. The zero-order valence-electron chi connectivity index (χ0n) is 9.25. The van der Waals surface area contributed by atoms with Crippen LogP contribution in [0.5, 0.6) is 0 Å². The van der Waals surface area contributed by atoms with E-state index in [4.69, 9.17) is 0 Å². The van der Waals surface area contributed by atoms with Crippen LogP contribution in [0.25, 0.3) is 0 Å². The average molecular weight is 226 g/mol. The van der Waals surface area contributed by atoms with E-state index < -0.39 is 0 Å². The molecule has 1 unspecified atom stereocenters. The highest BCUT2D eigenvalue weighted by Crippen LogP contribution is 2.24. The Balaban J connectivity index is 2.21. The van der Waals surface area contributed by atoms with Crippen molar-refractivity contribution in [2.75, 3.05) is 5.75 Å². The van der Waals surface area contributed by atoms with Crippen molar-refractivity contribution in [3.05, 3.63) is 12.2 Å². The highest BCUT2D eigenvalue weighted by atomic mass is 32.2. The molecule has 1 rings (SSSR count). The van der Waals surface area contributed by atoms with E-state index >= 15 is 0 Å². The molecular weight excluding hydrogens is 208 g/mol. The molecule has 0 aromatic heterocycles. The molecule has 0 aliphatic heterocycles. The lowest BCUT2D eigenvalue weighted by Crippen LogP contribution is -2.27. The molecule has 1 atom stereocenters. The largest absolute Gasteiger partial charge is 0.300 e. The fraction of sp³-hybridized carbons (Fsp3) is 0.667. The van der Waals surface area contributed by atoms with Crippen molar-refractivity contribution in [1.82, 2.24) is 0 Å². The Bertz CT molecular complexity index is 271. The molecule has 84 valence electrons. The zero-order valence-corrected chi connectivity index (χ0v) is 10.1. The van der Waals surface area contributed by atoms with Gasteiger partial charge in [-0.05, 0) is 25.5 Å². The minimum absolute atomic E-state index is 0.0589. The molecule has 1 fully saturated rings. The summed E-state index contributed by atoms with van der Waals surface area (Å²) >= 11 is 1.64. The standard InChI is InChI=1S/C12H18O2S/c1-9(2)4-3-7-15-12-8-10(13)5-6-11(12)14/h12H,1,3-8H2,2H3. The van der Waals surface area contributed by atoms with E-state index in [-0.39, 0.29) is 16.8 Å². The fourth-order valence-corrected chi connectivity index (χ4v) is 2.80. The molecule has 0 aromatic carbocycles. The van der Waals surface area contributed by atoms with Crippen molar-refractivity contribution >= 4 is 23.3 Å². The van der Waals surface area contributed by atoms with Crippen LogP contribution in [0, 0.1) is 0 Å². The third-order valence-electron chi connectivity index (χ3n) is 2.49. The summed E-state index contributed by atoms with van der Waals surface area (Å²) in [6.45, 7) is 5.85. The van der Waals surface area contributed by atoms with Crippen molar-refractivity contribution in [3.63, 3.8) is 0 Å². The van der Waals surface area contributed by atoms with E-state index in [1.165, 1.54) is 5.57 Å². The Labute approximate surface area is 95.5 Å². The first-order chi connectivity index (χ1) is 7.09. The first-order valence-electron chi connectivity index (χ1n) is 5.40. The van der Waals surface area contributed by atoms with E-state index in [9.17, 15) is 9.59 Å². The second-order valence-electron chi connectivity index (χ2n) is 4.13. The zero-order chi connectivity index (χ0) is 11.3. The number of carbonyl (C=O) groups excluding carboxylic acids is 2. The smallest absolute Gasteiger partial charge is 0.146 e. The normalized spacial score (nSPS) is 21.8. The van der Waals surface area contributed by atoms with E-state index in [0.717, 1.165) is 18.6 Å². The SMILES string of the molecule is C=C(C)CCCSC1CC(=O)CCC1=O. The van der Waals surface area contributed by atoms with E-state index in [1.807, 2.05) is 6.92 Å². The molecular formula is C12H18O2S. The first-order valence-corrected chi connectivity index (χ1v) is 6.45. The molecule has 0 radical (unpaired) electrons. The van der Waals surface area contributed by atoms with Gasteiger partial charge in [0.15, 0.2) is 0 Å². The predicted molar refractivity (Wildman–Crippen MR) is 64.2 cm³/mol. The van der Waals surface area contributed by atoms with Gasteiger partial charge in [0.25, 0.3) is 0 Å². The van der Waals surface area contributed by atoms with Gasteiger partial charge < -0.3 is 0 Å². The fourth-order valence-electron chi connectivity index (χ4n) is 1.60. The molecule has 2 nitrogen and oxygen atoms in total. The number of Topliss-reactive ketones (excluding diaryl/α,β-unsaturated/α-hetero) is 2. The van der Waals surface area contributed by atoms with Crippen LogP contribution in [-0.2, 0) is 9.59 Å². The topological polar surface area (TPSA) is 34.1 Å². The second-order valence-corrected chi connectivity index (χ2v) is 5.44. The maximum absolute atomic E-state index is 11.5. The summed E-state index contributed by atoms with van der Waals surface area (Å²) in [7, 11) is 0. The van der Waals surface area contributed by atoms with Gasteiger partial charge in [-0.1, -0.05) is 5.57 Å². The maximum Gasteiger partial charge on any atom is 0.146 e. The van der Waals surface area contributed by atoms with Crippen LogP contribution >= 0.6 is 11.8 Å². The summed E-state index contributed by atoms with van der Waals surface area (Å²) in [6, 6.07) is 0. The van der Waals surface area contributed by atoms with Crippen molar-refractivity contribution < 1.29 is 9.59 Å². The summed E-state index contributed by atoms with van der Waals surface area (Å²) in [5, 5.41) is -0.0589. The van der Waals surface area contributed by atoms with Crippen LogP contribution < -0.4 is 0 Å². The molecule has 0 aromatic rings. The van der Waals surface area contributed by atoms with Crippen LogP contribution in [0.2, 0.25) is 0 Å². The Kier molecular flexibility index (Phi) is 5.09. The summed E-state index contributed by atoms with van der Waals surface area (Å²) in [5.41, 5.74) is 1.18. The van der Waals surface area contributed by atoms with Crippen molar-refractivity contribution in [3.8, 4) is 0 Å². The van der Waals surface area contributed by atoms with Gasteiger partial charge in [0, 0.05) is 19.3 Å². The molecule has 0 saturated heterocycles. The summed E-state index contributed by atoms with van der Waals surface area (Å²) in [6.07, 6.45) is 3.44. The maximum atomic E-state index is 11.5. The monoisotopic (exact) mass is 226 g/mol. The molecule has 0 bridgehead atoms. The van der Waals surface area contributed by atoms with Crippen LogP contribution in [-0.4, -0.2) is 22.6 Å². The third-order valence-corrected chi connectivity index (χ3v) is 3.85. The number of allylic oxidation sites excluding steroid dienone is 1. The molecule has 0 amide bonds. The third kappa shape index (κ3) is 4.65. The lowest BCUT2D eigenvalue weighted by atomic mass is 9.98.